The van der Waals surface area contributed by atoms with Gasteiger partial charge >= 0.3 is 0 Å². The van der Waals surface area contributed by atoms with Crippen LogP contribution in [-0.2, 0) is 0 Å². The fraction of sp³-hybridized carbons (Fsp3) is 1.00. The summed E-state index contributed by atoms with van der Waals surface area (Å²) in [5.41, 5.74) is 0. The first-order chi connectivity index (χ1) is 6.35. The van der Waals surface area contributed by atoms with Gasteiger partial charge in [0.05, 0.1) is 0 Å². The molecule has 0 saturated heterocycles. The van der Waals surface area contributed by atoms with Crippen LogP contribution in [0.15, 0.2) is 0 Å². The summed E-state index contributed by atoms with van der Waals surface area (Å²) in [5.74, 6) is 1.04. The zero-order chi connectivity index (χ0) is 9.94. The second-order valence-corrected chi connectivity index (χ2v) is 4.29. The van der Waals surface area contributed by atoms with Gasteiger partial charge in [-0.25, -0.2) is 0 Å². The molecular weight excluding hydrogens is 156 g/mol. The van der Waals surface area contributed by atoms with Crippen molar-refractivity contribution in [1.29, 1.82) is 0 Å². The van der Waals surface area contributed by atoms with Crippen molar-refractivity contribution >= 4 is 0 Å². The van der Waals surface area contributed by atoms with Crippen LogP contribution in [0.1, 0.15) is 78.6 Å². The molecule has 0 saturated carbocycles. The van der Waals surface area contributed by atoms with Crippen molar-refractivity contribution in [2.45, 2.75) is 78.6 Å². The Kier molecular flexibility index (Phi) is 10.1. The lowest BCUT2D eigenvalue weighted by Crippen LogP contribution is -2.00. The fourth-order valence-electron chi connectivity index (χ4n) is 1.91. The molecule has 0 aliphatic heterocycles. The van der Waals surface area contributed by atoms with Crippen LogP contribution in [0.4, 0.5) is 0 Å². The molecule has 0 unspecified atom stereocenters. The molecule has 0 aliphatic carbocycles. The molecule has 0 aliphatic rings. The van der Waals surface area contributed by atoms with Crippen molar-refractivity contribution in [3.05, 3.63) is 0 Å². The highest BCUT2D eigenvalue weighted by atomic mass is 14.1. The lowest BCUT2D eigenvalue weighted by Gasteiger charge is -2.15. The minimum atomic E-state index is 1.04. The van der Waals surface area contributed by atoms with Gasteiger partial charge in [0.15, 0.2) is 0 Å². The Morgan fingerprint density at radius 3 is 1.15 bits per heavy atom. The molecule has 0 N–H and O–H groups in total. The quantitative estimate of drug-likeness (QED) is 0.463. The highest BCUT2D eigenvalue weighted by Crippen LogP contribution is 2.21. The topological polar surface area (TPSA) is 0 Å². The van der Waals surface area contributed by atoms with E-state index in [2.05, 4.69) is 20.8 Å². The Labute approximate surface area is 85.1 Å². The number of rotatable bonds is 9. The molecule has 13 heavy (non-hydrogen) atoms. The Hall–Kier alpha value is 0. The van der Waals surface area contributed by atoms with Crippen LogP contribution in [-0.4, -0.2) is 0 Å². The number of unbranched alkanes of at least 4 members (excludes halogenated alkanes) is 3. The van der Waals surface area contributed by atoms with Crippen molar-refractivity contribution in [1.82, 2.24) is 0 Å². The normalized spacial score (nSPS) is 11.1. The fourth-order valence-corrected chi connectivity index (χ4v) is 1.91. The van der Waals surface area contributed by atoms with Crippen molar-refractivity contribution in [2.75, 3.05) is 0 Å². The van der Waals surface area contributed by atoms with Gasteiger partial charge in [-0.2, -0.15) is 0 Å². The molecule has 0 rings (SSSR count). The monoisotopic (exact) mass is 184 g/mol. The summed E-state index contributed by atoms with van der Waals surface area (Å²) in [7, 11) is 0. The molecule has 0 aromatic heterocycles. The minimum Gasteiger partial charge on any atom is -0.0654 e. The minimum absolute atomic E-state index is 1.04. The summed E-state index contributed by atoms with van der Waals surface area (Å²) in [6.45, 7) is 6.91. The average molecular weight is 184 g/mol. The van der Waals surface area contributed by atoms with Gasteiger partial charge in [0.2, 0.25) is 0 Å². The predicted octanol–water partition coefficient (Wildman–Crippen LogP) is 5.17. The molecule has 0 nitrogen and oxygen atoms in total. The molecule has 0 aromatic rings. The van der Waals surface area contributed by atoms with Gasteiger partial charge < -0.3 is 0 Å². The Bertz CT molecular complexity index is 67.0. The lowest BCUT2D eigenvalue weighted by atomic mass is 9.91. The van der Waals surface area contributed by atoms with Gasteiger partial charge in [0.25, 0.3) is 0 Å². The third kappa shape index (κ3) is 8.33. The summed E-state index contributed by atoms with van der Waals surface area (Å²) in [6.07, 6.45) is 12.9. The maximum Gasteiger partial charge on any atom is -0.0414 e. The summed E-state index contributed by atoms with van der Waals surface area (Å²) in [5, 5.41) is 0. The van der Waals surface area contributed by atoms with E-state index in [1.807, 2.05) is 0 Å². The van der Waals surface area contributed by atoms with E-state index in [1.54, 1.807) is 0 Å². The molecular formula is C13H28. The second kappa shape index (κ2) is 10.1. The summed E-state index contributed by atoms with van der Waals surface area (Å²) >= 11 is 0. The molecule has 0 atom stereocenters. The zero-order valence-electron chi connectivity index (χ0n) is 9.94. The van der Waals surface area contributed by atoms with Gasteiger partial charge in [-0.15, -0.1) is 0 Å². The standard InChI is InChI=1S/C13H28/c1-4-7-10-13(11-8-5-2)12-9-6-3/h13H,4-12H2,1-3H3. The number of hydrogen-bond donors (Lipinski definition) is 0. The van der Waals surface area contributed by atoms with E-state index in [9.17, 15) is 0 Å². The first-order valence-electron chi connectivity index (χ1n) is 6.35. The van der Waals surface area contributed by atoms with E-state index < -0.39 is 0 Å². The van der Waals surface area contributed by atoms with Gasteiger partial charge in [-0.05, 0) is 5.92 Å². The Morgan fingerprint density at radius 1 is 0.615 bits per heavy atom. The third-order valence-electron chi connectivity index (χ3n) is 2.90. The molecule has 0 amide bonds. The van der Waals surface area contributed by atoms with E-state index in [0.717, 1.165) is 5.92 Å². The van der Waals surface area contributed by atoms with E-state index in [0.29, 0.717) is 0 Å². The molecule has 0 radical (unpaired) electrons. The van der Waals surface area contributed by atoms with Crippen molar-refractivity contribution < 1.29 is 0 Å². The Morgan fingerprint density at radius 2 is 0.923 bits per heavy atom. The average Bonchev–Trinajstić information content (AvgIpc) is 2.17. The van der Waals surface area contributed by atoms with Crippen LogP contribution in [0.25, 0.3) is 0 Å². The molecule has 0 aromatic carbocycles. The highest BCUT2D eigenvalue weighted by Gasteiger charge is 2.06. The van der Waals surface area contributed by atoms with Crippen LogP contribution in [0.2, 0.25) is 0 Å². The van der Waals surface area contributed by atoms with Crippen LogP contribution < -0.4 is 0 Å². The zero-order valence-corrected chi connectivity index (χ0v) is 9.94. The summed E-state index contributed by atoms with van der Waals surface area (Å²) < 4.78 is 0. The van der Waals surface area contributed by atoms with Gasteiger partial charge in [-0.3, -0.25) is 0 Å². The molecule has 0 fully saturated rings. The van der Waals surface area contributed by atoms with Crippen LogP contribution in [0.3, 0.4) is 0 Å². The van der Waals surface area contributed by atoms with E-state index in [4.69, 9.17) is 0 Å². The molecule has 0 heterocycles. The van der Waals surface area contributed by atoms with E-state index in [-0.39, 0.29) is 0 Å². The van der Waals surface area contributed by atoms with Crippen LogP contribution in [0, 0.1) is 5.92 Å². The smallest absolute Gasteiger partial charge is 0.0414 e. The maximum atomic E-state index is 2.30. The number of hydrogen-bond acceptors (Lipinski definition) is 0. The molecule has 0 heteroatoms. The third-order valence-corrected chi connectivity index (χ3v) is 2.90. The van der Waals surface area contributed by atoms with Crippen molar-refractivity contribution in [3.8, 4) is 0 Å². The van der Waals surface area contributed by atoms with Gasteiger partial charge in [0.1, 0.15) is 0 Å². The first-order valence-corrected chi connectivity index (χ1v) is 6.35. The van der Waals surface area contributed by atoms with E-state index >= 15 is 0 Å². The molecule has 80 valence electrons. The predicted molar refractivity (Wildman–Crippen MR) is 62.1 cm³/mol. The summed E-state index contributed by atoms with van der Waals surface area (Å²) in [4.78, 5) is 0. The van der Waals surface area contributed by atoms with Gasteiger partial charge in [0, 0.05) is 0 Å². The highest BCUT2D eigenvalue weighted by molar-refractivity contribution is 4.59. The van der Waals surface area contributed by atoms with Crippen LogP contribution >= 0.6 is 0 Å². The Balaban J connectivity index is 3.47. The second-order valence-electron chi connectivity index (χ2n) is 4.29. The first kappa shape index (κ1) is 13.0. The SMILES string of the molecule is CCCCC(CCCC)CCCC. The summed E-state index contributed by atoms with van der Waals surface area (Å²) in [6, 6.07) is 0. The molecule has 0 bridgehead atoms. The van der Waals surface area contributed by atoms with E-state index in [1.165, 1.54) is 57.8 Å². The largest absolute Gasteiger partial charge is 0.0654 e. The lowest BCUT2D eigenvalue weighted by molar-refractivity contribution is 0.382. The van der Waals surface area contributed by atoms with Crippen molar-refractivity contribution in [3.63, 3.8) is 0 Å². The maximum absolute atomic E-state index is 2.30. The van der Waals surface area contributed by atoms with Crippen molar-refractivity contribution in [2.24, 2.45) is 5.92 Å². The van der Waals surface area contributed by atoms with Crippen LogP contribution in [0.5, 0.6) is 0 Å². The van der Waals surface area contributed by atoms with Gasteiger partial charge in [-0.1, -0.05) is 78.6 Å². The molecule has 0 spiro atoms.